The number of anilines is 1. The number of nitrogens with one attached hydrogen (secondary N) is 3. The molecule has 154 valence electrons. The summed E-state index contributed by atoms with van der Waals surface area (Å²) >= 11 is 1.83. The molecule has 0 bridgehead atoms. The number of nitrogens with zero attached hydrogens (tertiary/aromatic N) is 1. The van der Waals surface area contributed by atoms with Crippen LogP contribution < -0.4 is 16.0 Å². The molecule has 0 saturated carbocycles. The molecule has 3 N–H and O–H groups in total. The van der Waals surface area contributed by atoms with Gasteiger partial charge in [0.1, 0.15) is 0 Å². The molecule has 3 rings (SSSR count). The Bertz CT molecular complexity index is 703. The molecule has 0 radical (unpaired) electrons. The van der Waals surface area contributed by atoms with Gasteiger partial charge in [-0.15, -0.1) is 11.8 Å². The van der Waals surface area contributed by atoms with Gasteiger partial charge in [-0.1, -0.05) is 32.4 Å². The van der Waals surface area contributed by atoms with E-state index in [2.05, 4.69) is 29.8 Å². The number of hydrogen-bond acceptors (Lipinski definition) is 4. The fraction of sp³-hybridized carbons (Fsp3) is 0.619. The summed E-state index contributed by atoms with van der Waals surface area (Å²) in [4.78, 5) is 26.8. The third-order valence-electron chi connectivity index (χ3n) is 5.73. The number of thioether (sulfide) groups is 1. The number of carbonyl (C=O) groups is 2. The summed E-state index contributed by atoms with van der Waals surface area (Å²) in [5, 5.41) is 9.61. The van der Waals surface area contributed by atoms with E-state index in [1.807, 2.05) is 47.9 Å². The number of likely N-dealkylation sites (tertiary alicyclic amines) is 1. The highest BCUT2D eigenvalue weighted by Gasteiger charge is 2.44. The van der Waals surface area contributed by atoms with Crippen LogP contribution in [0.1, 0.15) is 38.7 Å². The monoisotopic (exact) mass is 404 g/mol. The molecule has 7 heteroatoms. The first kappa shape index (κ1) is 21.0. The number of hydrogen-bond donors (Lipinski definition) is 3. The zero-order valence-electron chi connectivity index (χ0n) is 17.1. The number of carbonyl (C=O) groups excluding carboxylic acids is 2. The highest BCUT2D eigenvalue weighted by molar-refractivity contribution is 8.01. The number of benzene rings is 1. The Kier molecular flexibility index (Phi) is 6.88. The van der Waals surface area contributed by atoms with E-state index in [0.29, 0.717) is 19.0 Å². The molecule has 2 unspecified atom stereocenters. The van der Waals surface area contributed by atoms with Crippen molar-refractivity contribution in [1.82, 2.24) is 15.5 Å². The van der Waals surface area contributed by atoms with Crippen LogP contribution in [0.25, 0.3) is 0 Å². The number of urea groups is 1. The second kappa shape index (κ2) is 9.18. The standard InChI is InChI=1S/C21H32N4O2S/c1-4-15(2)13-22-19(26)18-14-28-21(24-18)8-10-25(11-9-21)20(27)23-17-7-5-6-16(3)12-17/h5-7,12,15,18,24H,4,8-11,13-14H2,1-3H3,(H,22,26)(H,23,27). The molecule has 1 spiro atoms. The fourth-order valence-electron chi connectivity index (χ4n) is 3.61. The fourth-order valence-corrected chi connectivity index (χ4v) is 5.03. The van der Waals surface area contributed by atoms with E-state index < -0.39 is 0 Å². The third kappa shape index (κ3) is 5.20. The van der Waals surface area contributed by atoms with Crippen LogP contribution in [0.2, 0.25) is 0 Å². The van der Waals surface area contributed by atoms with Gasteiger partial charge in [-0.05, 0) is 43.4 Å². The van der Waals surface area contributed by atoms with E-state index in [1.54, 1.807) is 0 Å². The Balaban J connectivity index is 1.47. The molecule has 28 heavy (non-hydrogen) atoms. The van der Waals surface area contributed by atoms with Crippen molar-refractivity contribution in [3.05, 3.63) is 29.8 Å². The van der Waals surface area contributed by atoms with Crippen LogP contribution in [0.5, 0.6) is 0 Å². The molecule has 1 aromatic rings. The molecule has 2 heterocycles. The molecule has 6 nitrogen and oxygen atoms in total. The van der Waals surface area contributed by atoms with Gasteiger partial charge in [0.2, 0.25) is 5.91 Å². The van der Waals surface area contributed by atoms with Crippen molar-refractivity contribution in [3.8, 4) is 0 Å². The normalized spacial score (nSPS) is 22.1. The van der Waals surface area contributed by atoms with Crippen LogP contribution in [0.4, 0.5) is 10.5 Å². The zero-order chi connectivity index (χ0) is 20.1. The zero-order valence-corrected chi connectivity index (χ0v) is 17.9. The predicted octanol–water partition coefficient (Wildman–Crippen LogP) is 3.19. The maximum atomic E-state index is 12.6. The molecule has 0 aliphatic carbocycles. The van der Waals surface area contributed by atoms with Gasteiger partial charge >= 0.3 is 6.03 Å². The second-order valence-corrected chi connectivity index (χ2v) is 9.45. The first-order valence-corrected chi connectivity index (χ1v) is 11.2. The second-order valence-electron chi connectivity index (χ2n) is 8.05. The maximum Gasteiger partial charge on any atom is 0.321 e. The molecule has 2 atom stereocenters. The third-order valence-corrected chi connectivity index (χ3v) is 7.31. The number of rotatable bonds is 5. The summed E-state index contributed by atoms with van der Waals surface area (Å²) in [7, 11) is 0. The maximum absolute atomic E-state index is 12.6. The van der Waals surface area contributed by atoms with Crippen LogP contribution in [0.15, 0.2) is 24.3 Å². The van der Waals surface area contributed by atoms with Crippen molar-refractivity contribution >= 4 is 29.4 Å². The lowest BCUT2D eigenvalue weighted by atomic mass is 10.0. The van der Waals surface area contributed by atoms with Crippen LogP contribution in [-0.2, 0) is 4.79 Å². The number of aryl methyl sites for hydroxylation is 1. The Morgan fingerprint density at radius 2 is 2.11 bits per heavy atom. The van der Waals surface area contributed by atoms with Gasteiger partial charge in [0.15, 0.2) is 0 Å². The summed E-state index contributed by atoms with van der Waals surface area (Å²) in [5.74, 6) is 1.40. The SMILES string of the molecule is CCC(C)CNC(=O)C1CSC2(CCN(C(=O)Nc3cccc(C)c3)CC2)N1. The smallest absolute Gasteiger partial charge is 0.321 e. The van der Waals surface area contributed by atoms with Crippen LogP contribution in [0.3, 0.4) is 0 Å². The number of piperidine rings is 1. The van der Waals surface area contributed by atoms with Gasteiger partial charge in [-0.25, -0.2) is 4.79 Å². The lowest BCUT2D eigenvalue weighted by Gasteiger charge is -2.39. The van der Waals surface area contributed by atoms with Crippen molar-refractivity contribution in [2.75, 3.05) is 30.7 Å². The summed E-state index contributed by atoms with van der Waals surface area (Å²) in [6.45, 7) is 8.42. The molecule has 3 amide bonds. The Labute approximate surface area is 172 Å². The minimum atomic E-state index is -0.137. The van der Waals surface area contributed by atoms with Crippen molar-refractivity contribution < 1.29 is 9.59 Å². The summed E-state index contributed by atoms with van der Waals surface area (Å²) < 4.78 is 0. The number of amides is 3. The lowest BCUT2D eigenvalue weighted by Crippen LogP contribution is -2.55. The van der Waals surface area contributed by atoms with E-state index in [-0.39, 0.29) is 22.9 Å². The van der Waals surface area contributed by atoms with Crippen molar-refractivity contribution in [2.24, 2.45) is 5.92 Å². The van der Waals surface area contributed by atoms with Crippen LogP contribution in [-0.4, -0.2) is 53.1 Å². The molecule has 2 saturated heterocycles. The average molecular weight is 405 g/mol. The van der Waals surface area contributed by atoms with Gasteiger partial charge in [-0.3, -0.25) is 10.1 Å². The van der Waals surface area contributed by atoms with Gasteiger partial charge < -0.3 is 15.5 Å². The quantitative estimate of drug-likeness (QED) is 0.705. The lowest BCUT2D eigenvalue weighted by molar-refractivity contribution is -0.122. The molecular weight excluding hydrogens is 372 g/mol. The van der Waals surface area contributed by atoms with Crippen molar-refractivity contribution in [1.29, 1.82) is 0 Å². The minimum absolute atomic E-state index is 0.0497. The highest BCUT2D eigenvalue weighted by atomic mass is 32.2. The Hall–Kier alpha value is -1.73. The highest BCUT2D eigenvalue weighted by Crippen LogP contribution is 2.39. The average Bonchev–Trinajstić information content (AvgIpc) is 3.10. The Morgan fingerprint density at radius 3 is 2.79 bits per heavy atom. The van der Waals surface area contributed by atoms with E-state index in [9.17, 15) is 9.59 Å². The van der Waals surface area contributed by atoms with Gasteiger partial charge in [0.05, 0.1) is 10.9 Å². The first-order chi connectivity index (χ1) is 13.4. The largest absolute Gasteiger partial charge is 0.354 e. The molecule has 0 aromatic heterocycles. The minimum Gasteiger partial charge on any atom is -0.354 e. The summed E-state index contributed by atoms with van der Waals surface area (Å²) in [6, 6.07) is 7.65. The van der Waals surface area contributed by atoms with E-state index in [1.165, 1.54) is 0 Å². The summed E-state index contributed by atoms with van der Waals surface area (Å²) in [6.07, 6.45) is 2.78. The molecule has 2 aliphatic rings. The molecule has 2 fully saturated rings. The van der Waals surface area contributed by atoms with Crippen molar-refractivity contribution in [3.63, 3.8) is 0 Å². The van der Waals surface area contributed by atoms with E-state index in [0.717, 1.165) is 42.8 Å². The van der Waals surface area contributed by atoms with E-state index in [4.69, 9.17) is 0 Å². The summed E-state index contributed by atoms with van der Waals surface area (Å²) in [5.41, 5.74) is 1.95. The predicted molar refractivity (Wildman–Crippen MR) is 116 cm³/mol. The molecule has 2 aliphatic heterocycles. The Morgan fingerprint density at radius 1 is 1.36 bits per heavy atom. The van der Waals surface area contributed by atoms with Crippen molar-refractivity contribution in [2.45, 2.75) is 50.9 Å². The van der Waals surface area contributed by atoms with Crippen LogP contribution in [0, 0.1) is 12.8 Å². The molecule has 1 aromatic carbocycles. The first-order valence-electron chi connectivity index (χ1n) is 10.2. The topological polar surface area (TPSA) is 73.5 Å². The van der Waals surface area contributed by atoms with Gasteiger partial charge in [0, 0.05) is 31.1 Å². The van der Waals surface area contributed by atoms with Crippen LogP contribution >= 0.6 is 11.8 Å². The van der Waals surface area contributed by atoms with Gasteiger partial charge in [0.25, 0.3) is 0 Å². The molecular formula is C21H32N4O2S. The van der Waals surface area contributed by atoms with E-state index >= 15 is 0 Å². The van der Waals surface area contributed by atoms with Gasteiger partial charge in [-0.2, -0.15) is 0 Å².